The molecule has 3 aliphatic heterocycles. The van der Waals surface area contributed by atoms with Gasteiger partial charge in [-0.1, -0.05) is 6.07 Å². The van der Waals surface area contributed by atoms with Crippen LogP contribution in [0.15, 0.2) is 18.2 Å². The van der Waals surface area contributed by atoms with Crippen LogP contribution in [0, 0.1) is 0 Å². The van der Waals surface area contributed by atoms with Crippen LogP contribution in [0.4, 0.5) is 0 Å². The predicted octanol–water partition coefficient (Wildman–Crippen LogP) is -0.753. The van der Waals surface area contributed by atoms with Crippen LogP contribution in [0.1, 0.15) is 39.1 Å². The van der Waals surface area contributed by atoms with Gasteiger partial charge in [0.2, 0.25) is 11.8 Å². The zero-order valence-corrected chi connectivity index (χ0v) is 15.3. The fourth-order valence-electron chi connectivity index (χ4n) is 3.94. The van der Waals surface area contributed by atoms with Gasteiger partial charge in [-0.3, -0.25) is 34.3 Å². The van der Waals surface area contributed by atoms with E-state index in [1.54, 1.807) is 12.1 Å². The van der Waals surface area contributed by atoms with E-state index in [9.17, 15) is 19.2 Å². The molecule has 4 rings (SSSR count). The quantitative estimate of drug-likeness (QED) is 0.653. The number of hydrogen-bond acceptors (Lipinski definition) is 7. The third-order valence-corrected chi connectivity index (χ3v) is 5.40. The third-order valence-electron chi connectivity index (χ3n) is 5.40. The summed E-state index contributed by atoms with van der Waals surface area (Å²) in [6, 6.07) is 4.23. The molecule has 1 aromatic rings. The summed E-state index contributed by atoms with van der Waals surface area (Å²) in [5.74, 6) is -1.97. The minimum absolute atomic E-state index is 0.00518. The van der Waals surface area contributed by atoms with Crippen LogP contribution in [-0.2, 0) is 20.9 Å². The lowest BCUT2D eigenvalue weighted by Crippen LogP contribution is -2.54. The number of benzene rings is 1. The highest BCUT2D eigenvalue weighted by atomic mass is 16.5. The molecule has 3 N–H and O–H groups in total. The molecule has 9 nitrogen and oxygen atoms in total. The highest BCUT2D eigenvalue weighted by molar-refractivity contribution is 6.23. The van der Waals surface area contributed by atoms with Crippen molar-refractivity contribution in [2.75, 3.05) is 26.2 Å². The molecule has 148 valence electrons. The topological polar surface area (TPSA) is 122 Å². The molecule has 2 saturated heterocycles. The van der Waals surface area contributed by atoms with E-state index in [0.29, 0.717) is 37.4 Å². The molecule has 2 atom stereocenters. The van der Waals surface area contributed by atoms with Gasteiger partial charge in [0, 0.05) is 32.6 Å². The number of nitrogens with zero attached hydrogens (tertiary/aromatic N) is 2. The van der Waals surface area contributed by atoms with Gasteiger partial charge < -0.3 is 10.5 Å². The van der Waals surface area contributed by atoms with E-state index in [0.717, 1.165) is 17.0 Å². The Kier molecular flexibility index (Phi) is 4.96. The third kappa shape index (κ3) is 3.32. The van der Waals surface area contributed by atoms with E-state index < -0.39 is 23.8 Å². The molecule has 1 aromatic carbocycles. The molecule has 4 amide bonds. The van der Waals surface area contributed by atoms with Crippen molar-refractivity contribution in [1.82, 2.24) is 15.1 Å². The highest BCUT2D eigenvalue weighted by Crippen LogP contribution is 2.28. The number of morpholine rings is 1. The zero-order valence-electron chi connectivity index (χ0n) is 15.3. The molecule has 3 heterocycles. The lowest BCUT2D eigenvalue weighted by atomic mass is 10.0. The smallest absolute Gasteiger partial charge is 0.262 e. The minimum Gasteiger partial charge on any atom is -0.374 e. The van der Waals surface area contributed by atoms with Crippen molar-refractivity contribution in [2.45, 2.75) is 31.5 Å². The maximum Gasteiger partial charge on any atom is 0.262 e. The lowest BCUT2D eigenvalue weighted by molar-refractivity contribution is -0.136. The van der Waals surface area contributed by atoms with E-state index in [1.807, 2.05) is 6.07 Å². The number of fused-ring (bicyclic) bond motifs is 1. The van der Waals surface area contributed by atoms with Crippen molar-refractivity contribution in [2.24, 2.45) is 5.73 Å². The zero-order chi connectivity index (χ0) is 19.8. The van der Waals surface area contributed by atoms with Gasteiger partial charge in [-0.25, -0.2) is 0 Å². The van der Waals surface area contributed by atoms with Crippen LogP contribution >= 0.6 is 0 Å². The van der Waals surface area contributed by atoms with E-state index in [-0.39, 0.29) is 24.9 Å². The first-order valence-electron chi connectivity index (χ1n) is 9.36. The maximum absolute atomic E-state index is 12.9. The Morgan fingerprint density at radius 2 is 1.93 bits per heavy atom. The van der Waals surface area contributed by atoms with E-state index >= 15 is 0 Å². The highest BCUT2D eigenvalue weighted by Gasteiger charge is 2.44. The number of amides is 4. The number of nitrogens with one attached hydrogen (secondary N) is 1. The van der Waals surface area contributed by atoms with Crippen molar-refractivity contribution in [3.63, 3.8) is 0 Å². The van der Waals surface area contributed by atoms with Gasteiger partial charge in [-0.2, -0.15) is 0 Å². The van der Waals surface area contributed by atoms with Crippen molar-refractivity contribution in [3.05, 3.63) is 34.9 Å². The lowest BCUT2D eigenvalue weighted by Gasteiger charge is -2.32. The number of rotatable bonds is 4. The molecule has 0 aliphatic carbocycles. The molecular weight excluding hydrogens is 364 g/mol. The predicted molar refractivity (Wildman–Crippen MR) is 97.2 cm³/mol. The summed E-state index contributed by atoms with van der Waals surface area (Å²) in [7, 11) is 0. The normalized spacial score (nSPS) is 25.8. The number of hydrogen-bond donors (Lipinski definition) is 2. The summed E-state index contributed by atoms with van der Waals surface area (Å²) in [5.41, 5.74) is 7.18. The van der Waals surface area contributed by atoms with Crippen LogP contribution in [0.2, 0.25) is 0 Å². The fourth-order valence-corrected chi connectivity index (χ4v) is 3.94. The molecule has 0 aromatic heterocycles. The first-order valence-corrected chi connectivity index (χ1v) is 9.36. The molecule has 0 bridgehead atoms. The maximum atomic E-state index is 12.9. The molecule has 0 radical (unpaired) electrons. The summed E-state index contributed by atoms with van der Waals surface area (Å²) >= 11 is 0. The van der Waals surface area contributed by atoms with Crippen molar-refractivity contribution < 1.29 is 23.9 Å². The Morgan fingerprint density at radius 3 is 2.68 bits per heavy atom. The van der Waals surface area contributed by atoms with Gasteiger partial charge in [-0.15, -0.1) is 0 Å². The molecule has 0 saturated carbocycles. The van der Waals surface area contributed by atoms with Gasteiger partial charge in [0.25, 0.3) is 11.8 Å². The second kappa shape index (κ2) is 7.42. The molecule has 1 unspecified atom stereocenters. The number of nitrogens with two attached hydrogens (primary N) is 1. The number of piperidine rings is 1. The summed E-state index contributed by atoms with van der Waals surface area (Å²) < 4.78 is 5.57. The monoisotopic (exact) mass is 386 g/mol. The van der Waals surface area contributed by atoms with Crippen molar-refractivity contribution >= 4 is 23.6 Å². The number of carbonyl (C=O) groups excluding carboxylic acids is 4. The fraction of sp³-hybridized carbons (Fsp3) is 0.474. The molecule has 0 spiro atoms. The summed E-state index contributed by atoms with van der Waals surface area (Å²) in [6.45, 7) is 3.15. The Bertz CT molecular complexity index is 855. The van der Waals surface area contributed by atoms with Crippen LogP contribution in [0.3, 0.4) is 0 Å². The van der Waals surface area contributed by atoms with Crippen LogP contribution < -0.4 is 11.1 Å². The Balaban J connectivity index is 1.52. The molecular formula is C19H22N4O5. The number of imide groups is 2. The minimum atomic E-state index is -0.946. The first-order chi connectivity index (χ1) is 13.5. The summed E-state index contributed by atoms with van der Waals surface area (Å²) in [5, 5.41) is 2.20. The largest absolute Gasteiger partial charge is 0.374 e. The Labute approximate surface area is 161 Å². The van der Waals surface area contributed by atoms with Crippen LogP contribution in [0.5, 0.6) is 0 Å². The summed E-state index contributed by atoms with van der Waals surface area (Å²) in [6.07, 6.45) is 0.250. The standard InChI is InChI=1S/C19H22N4O5/c20-8-12-10-22(5-6-28-12)9-11-1-2-13-14(7-11)19(27)23(18(13)26)15-3-4-16(24)21-17(15)25/h1-2,7,12,15H,3-6,8-10,20H2,(H,21,24,25)/t12-,15?/m0/s1. The van der Waals surface area contributed by atoms with E-state index in [1.165, 1.54) is 0 Å². The van der Waals surface area contributed by atoms with Crippen molar-refractivity contribution in [1.29, 1.82) is 0 Å². The Hall–Kier alpha value is -2.62. The second-order valence-corrected chi connectivity index (χ2v) is 7.29. The van der Waals surface area contributed by atoms with Gasteiger partial charge in [0.05, 0.1) is 23.8 Å². The molecule has 2 fully saturated rings. The van der Waals surface area contributed by atoms with Gasteiger partial charge in [0.15, 0.2) is 0 Å². The number of carbonyl (C=O) groups is 4. The van der Waals surface area contributed by atoms with Crippen molar-refractivity contribution in [3.8, 4) is 0 Å². The Morgan fingerprint density at radius 1 is 1.14 bits per heavy atom. The average Bonchev–Trinajstić information content (AvgIpc) is 2.93. The van der Waals surface area contributed by atoms with E-state index in [4.69, 9.17) is 10.5 Å². The first kappa shape index (κ1) is 18.7. The number of ether oxygens (including phenoxy) is 1. The van der Waals surface area contributed by atoms with Gasteiger partial charge in [-0.05, 0) is 24.1 Å². The second-order valence-electron chi connectivity index (χ2n) is 7.29. The van der Waals surface area contributed by atoms with Crippen LogP contribution in [-0.4, -0.2) is 71.8 Å². The van der Waals surface area contributed by atoms with Gasteiger partial charge in [0.1, 0.15) is 6.04 Å². The van der Waals surface area contributed by atoms with Gasteiger partial charge >= 0.3 is 0 Å². The van der Waals surface area contributed by atoms with E-state index in [2.05, 4.69) is 10.2 Å². The molecule has 3 aliphatic rings. The molecule has 9 heteroatoms. The van der Waals surface area contributed by atoms with Crippen LogP contribution in [0.25, 0.3) is 0 Å². The molecule has 28 heavy (non-hydrogen) atoms. The average molecular weight is 386 g/mol. The SMILES string of the molecule is NC[C@H]1CN(Cc2ccc3c(c2)C(=O)N(C2CCC(=O)NC2=O)C3=O)CCO1. The summed E-state index contributed by atoms with van der Waals surface area (Å²) in [4.78, 5) is 52.2.